The number of aryl methyl sites for hydroxylation is 2. The summed E-state index contributed by atoms with van der Waals surface area (Å²) in [4.78, 5) is 17.5. The molecule has 0 fully saturated rings. The van der Waals surface area contributed by atoms with Crippen LogP contribution < -0.4 is 10.2 Å². The Morgan fingerprint density at radius 3 is 1.33 bits per heavy atom. The molecular weight excluding hydrogens is 368 g/mol. The van der Waals surface area contributed by atoms with Crippen LogP contribution in [-0.4, -0.2) is 27.1 Å². The van der Waals surface area contributed by atoms with Crippen molar-refractivity contribution in [1.82, 2.24) is 9.97 Å². The van der Waals surface area contributed by atoms with Crippen molar-refractivity contribution in [2.75, 3.05) is 0 Å². The van der Waals surface area contributed by atoms with Crippen LogP contribution >= 0.6 is 0 Å². The third kappa shape index (κ3) is 6.45. The average Bonchev–Trinajstić information content (AvgIpc) is 2.38. The van der Waals surface area contributed by atoms with Crippen molar-refractivity contribution >= 4 is 28.0 Å². The summed E-state index contributed by atoms with van der Waals surface area (Å²) in [5.41, 5.74) is 4.06. The van der Waals surface area contributed by atoms with Crippen molar-refractivity contribution in [2.24, 2.45) is 0 Å². The van der Waals surface area contributed by atoms with E-state index in [0.717, 1.165) is 33.2 Å². The van der Waals surface area contributed by atoms with Crippen LogP contribution in [0.4, 0.5) is 4.79 Å². The molecule has 9 heteroatoms. The molecule has 0 saturated heterocycles. The maximum atomic E-state index is 8.33. The van der Waals surface area contributed by atoms with Gasteiger partial charge in [-0.05, 0) is 32.1 Å². The van der Waals surface area contributed by atoms with Gasteiger partial charge in [0.15, 0.2) is 0 Å². The molecule has 0 unspecified atom stereocenters. The first kappa shape index (κ1) is 26.6. The van der Waals surface area contributed by atoms with Crippen LogP contribution in [0.25, 0.3) is 21.8 Å². The first-order chi connectivity index (χ1) is 9.47. The Labute approximate surface area is 148 Å². The first-order valence-electron chi connectivity index (χ1n) is 5.99. The normalized spacial score (nSPS) is 8.42. The van der Waals surface area contributed by atoms with Crippen molar-refractivity contribution in [1.29, 1.82) is 0 Å². The van der Waals surface area contributed by atoms with Gasteiger partial charge in [0, 0.05) is 22.2 Å². The maximum absolute atomic E-state index is 8.33. The zero-order chi connectivity index (χ0) is 14.7. The molecule has 2 heterocycles. The molecule has 0 aliphatic heterocycles. The minimum Gasteiger partial charge on any atom is -0.652 e. The average molecular weight is 387 g/mol. The van der Waals surface area contributed by atoms with E-state index in [1.165, 1.54) is 0 Å². The number of pyridine rings is 2. The van der Waals surface area contributed by atoms with Crippen molar-refractivity contribution in [2.45, 2.75) is 13.8 Å². The molecule has 0 spiro atoms. The Hall–Kier alpha value is -2.29. The smallest absolute Gasteiger partial charge is 0.652 e. The van der Waals surface area contributed by atoms with Gasteiger partial charge >= 0.3 is 17.1 Å². The molecule has 0 bridgehead atoms. The predicted molar refractivity (Wildman–Crippen MR) is 84.0 cm³/mol. The standard InChI is InChI=1S/C14H12N2.CH2O3.Cu.3H2O/c1-9-3-5-11-7-8-12-6-4-10(2)16-14(12)13(11)15-9;2-1(3)4;;;;/h3-8H,1-2H3;(H2,2,3,4);;3*1H2/q;;+2;;;/p-1. The molecule has 7 N–H and O–H groups in total. The van der Waals surface area contributed by atoms with E-state index in [-0.39, 0.29) is 33.5 Å². The monoisotopic (exact) mass is 386 g/mol. The van der Waals surface area contributed by atoms with Crippen LogP contribution in [0.5, 0.6) is 0 Å². The first-order valence-corrected chi connectivity index (χ1v) is 5.99. The van der Waals surface area contributed by atoms with E-state index in [9.17, 15) is 0 Å². The number of benzene rings is 1. The molecule has 3 aromatic rings. The second-order valence-electron chi connectivity index (χ2n) is 4.36. The predicted octanol–water partition coefficient (Wildman–Crippen LogP) is -1.62. The van der Waals surface area contributed by atoms with Crippen LogP contribution in [0.1, 0.15) is 11.4 Å². The van der Waals surface area contributed by atoms with Crippen LogP contribution in [0, 0.1) is 13.8 Å². The Kier molecular flexibility index (Phi) is 12.5. The molecule has 3 rings (SSSR count). The second-order valence-corrected chi connectivity index (χ2v) is 4.36. The summed E-state index contributed by atoms with van der Waals surface area (Å²) in [5.74, 6) is 0. The molecule has 24 heavy (non-hydrogen) atoms. The number of nitrogens with zero attached hydrogens (tertiary/aromatic N) is 2. The van der Waals surface area contributed by atoms with E-state index in [2.05, 4.69) is 34.2 Å². The fourth-order valence-corrected chi connectivity index (χ4v) is 1.96. The molecule has 0 aliphatic carbocycles. The molecule has 0 atom stereocenters. The summed E-state index contributed by atoms with van der Waals surface area (Å²) < 4.78 is 0. The molecule has 1 radical (unpaired) electrons. The van der Waals surface area contributed by atoms with E-state index in [0.29, 0.717) is 0 Å². The summed E-state index contributed by atoms with van der Waals surface area (Å²) in [7, 11) is 0. The molecular formula is C15H19CuN2O6+. The summed E-state index contributed by atoms with van der Waals surface area (Å²) in [6, 6.07) is 12.5. The fourth-order valence-electron chi connectivity index (χ4n) is 1.96. The number of carbonyl (C=O) groups is 1. The minimum absolute atomic E-state index is 0. The second kappa shape index (κ2) is 11.3. The van der Waals surface area contributed by atoms with E-state index in [1.807, 2.05) is 26.0 Å². The van der Waals surface area contributed by atoms with Gasteiger partial charge in [0.2, 0.25) is 0 Å². The molecule has 0 aliphatic rings. The van der Waals surface area contributed by atoms with Crippen molar-refractivity contribution in [3.05, 3.63) is 47.8 Å². The van der Waals surface area contributed by atoms with Gasteiger partial charge in [-0.1, -0.05) is 24.3 Å². The largest absolute Gasteiger partial charge is 2.00 e. The third-order valence-electron chi connectivity index (χ3n) is 2.80. The Morgan fingerprint density at radius 2 is 1.04 bits per heavy atom. The number of hydrogen-bond acceptors (Lipinski definition) is 5. The third-order valence-corrected chi connectivity index (χ3v) is 2.80. The summed E-state index contributed by atoms with van der Waals surface area (Å²) in [6.07, 6.45) is -2.33. The SMILES string of the molecule is Cc1ccc2ccc3ccc(C)nc3c2n1.O.O.O=C([O-])[O-].[Cu+2].[OH3+]. The Bertz CT molecular complexity index is 733. The van der Waals surface area contributed by atoms with Crippen LogP contribution in [-0.2, 0) is 22.5 Å². The van der Waals surface area contributed by atoms with Gasteiger partial charge in [0.1, 0.15) is 0 Å². The molecule has 2 aromatic heterocycles. The van der Waals surface area contributed by atoms with Gasteiger partial charge < -0.3 is 31.4 Å². The van der Waals surface area contributed by atoms with Crippen molar-refractivity contribution in [3.8, 4) is 0 Å². The molecule has 0 saturated carbocycles. The van der Waals surface area contributed by atoms with Gasteiger partial charge in [-0.15, -0.1) is 0 Å². The van der Waals surface area contributed by atoms with Crippen LogP contribution in [0.15, 0.2) is 36.4 Å². The number of hydrogen-bond donors (Lipinski definition) is 0. The van der Waals surface area contributed by atoms with Gasteiger partial charge in [-0.2, -0.15) is 0 Å². The summed E-state index contributed by atoms with van der Waals surface area (Å²) in [6.45, 7) is 4.02. The van der Waals surface area contributed by atoms with E-state index in [1.54, 1.807) is 0 Å². The topological polar surface area (TPSA) is 185 Å². The van der Waals surface area contributed by atoms with Gasteiger partial charge in [0.25, 0.3) is 0 Å². The van der Waals surface area contributed by atoms with Gasteiger partial charge in [-0.25, -0.2) is 0 Å². The number of aromatic nitrogens is 2. The minimum atomic E-state index is -2.33. The van der Waals surface area contributed by atoms with Crippen LogP contribution in [0.3, 0.4) is 0 Å². The van der Waals surface area contributed by atoms with Gasteiger partial charge in [0.05, 0.1) is 11.0 Å². The zero-order valence-electron chi connectivity index (χ0n) is 13.0. The molecule has 135 valence electrons. The molecule has 1 aromatic carbocycles. The van der Waals surface area contributed by atoms with E-state index in [4.69, 9.17) is 15.0 Å². The number of fused-ring (bicyclic) bond motifs is 3. The number of carbonyl (C=O) groups excluding carboxylic acids is 1. The summed E-state index contributed by atoms with van der Waals surface area (Å²) >= 11 is 0. The fraction of sp³-hybridized carbons (Fsp3) is 0.133. The zero-order valence-corrected chi connectivity index (χ0v) is 13.9. The van der Waals surface area contributed by atoms with Gasteiger partial charge in [-0.3, -0.25) is 9.97 Å². The quantitative estimate of drug-likeness (QED) is 0.254. The van der Waals surface area contributed by atoms with Crippen LogP contribution in [0.2, 0.25) is 0 Å². The maximum Gasteiger partial charge on any atom is 2.00 e. The van der Waals surface area contributed by atoms with Crippen molar-refractivity contribution < 1.29 is 48.5 Å². The van der Waals surface area contributed by atoms with E-state index >= 15 is 0 Å². The Morgan fingerprint density at radius 1 is 0.792 bits per heavy atom. The van der Waals surface area contributed by atoms with E-state index < -0.39 is 6.16 Å². The molecule has 0 amide bonds. The van der Waals surface area contributed by atoms with Crippen molar-refractivity contribution in [3.63, 3.8) is 0 Å². The number of rotatable bonds is 0. The molecule has 8 nitrogen and oxygen atoms in total. The Balaban J connectivity index is -0.000000504. The summed E-state index contributed by atoms with van der Waals surface area (Å²) in [5, 5.41) is 19.0. The number of carboxylic acid groups (broad SMARTS) is 2.